The van der Waals surface area contributed by atoms with Gasteiger partial charge in [0.1, 0.15) is 0 Å². The molecule has 0 saturated heterocycles. The largest absolute Gasteiger partial charge is 1.00 e. The predicted molar refractivity (Wildman–Crippen MR) is 180 cm³/mol. The van der Waals surface area contributed by atoms with Crippen molar-refractivity contribution in [1.29, 1.82) is 0 Å². The smallest absolute Gasteiger partial charge is 1.00 e. The van der Waals surface area contributed by atoms with Gasteiger partial charge in [0.2, 0.25) is 0 Å². The summed E-state index contributed by atoms with van der Waals surface area (Å²) in [6.45, 7) is 7.52. The molecule has 0 aromatic heterocycles. The monoisotopic (exact) mass is 702 g/mol. The minimum atomic E-state index is -0.628. The van der Waals surface area contributed by atoms with E-state index in [4.69, 9.17) is 0 Å². The molecule has 0 aliphatic heterocycles. The van der Waals surface area contributed by atoms with Crippen LogP contribution >= 0.6 is 0 Å². The Labute approximate surface area is 285 Å². The quantitative estimate of drug-likeness (QED) is 0.180. The third-order valence-electron chi connectivity index (χ3n) is 9.40. The molecule has 0 nitrogen and oxygen atoms in total. The molecule has 2 atom stereocenters. The minimum Gasteiger partial charge on any atom is -1.00 e. The molecule has 0 bridgehead atoms. The Bertz CT molecular complexity index is 2010. The topological polar surface area (TPSA) is 0 Å². The molecule has 2 unspecified atom stereocenters. The second-order valence-electron chi connectivity index (χ2n) is 12.2. The Morgan fingerprint density at radius 2 is 1.18 bits per heavy atom. The fourth-order valence-electron chi connectivity index (χ4n) is 7.71. The first-order valence-corrected chi connectivity index (χ1v) is 23.9. The average molecular weight is 705 g/mol. The second kappa shape index (κ2) is 12.6. The van der Waals surface area contributed by atoms with Crippen molar-refractivity contribution in [1.82, 2.24) is 0 Å². The summed E-state index contributed by atoms with van der Waals surface area (Å²) < 4.78 is 0.676. The van der Waals surface area contributed by atoms with Gasteiger partial charge in [0.15, 0.2) is 0 Å². The molecule has 216 valence electrons. The molecule has 0 fully saturated rings. The molecule has 0 N–H and O–H groups in total. The van der Waals surface area contributed by atoms with Crippen LogP contribution in [0.2, 0.25) is 13.1 Å². The van der Waals surface area contributed by atoms with Gasteiger partial charge in [-0.05, 0) is 0 Å². The number of allylic oxidation sites excluding steroid dienone is 1. The number of fused-ring (bicyclic) bond motifs is 6. The van der Waals surface area contributed by atoms with Crippen LogP contribution in [0.25, 0.3) is 49.9 Å². The zero-order valence-corrected chi connectivity index (χ0v) is 30.4. The van der Waals surface area contributed by atoms with E-state index in [1.807, 2.05) is 0 Å². The summed E-state index contributed by atoms with van der Waals surface area (Å²) in [6.07, 6.45) is 3.62. The molecule has 2 aliphatic rings. The zero-order chi connectivity index (χ0) is 28.4. The molecule has 0 radical (unpaired) electrons. The van der Waals surface area contributed by atoms with Crippen LogP contribution in [-0.2, 0) is 22.4 Å². The van der Waals surface area contributed by atoms with Crippen molar-refractivity contribution in [3.05, 3.63) is 149 Å². The standard InChI is InChI=1S/C38H27.C2H7Si.2ClH.Zr/c1-2-24-22-36-33(37(24)32-18-9-17-31-28-14-6-3-13-27(28)23-35(31)32)19-10-20-34(36)38-29-15-7-4-11-25(29)21-26-12-5-8-16-30(26)38;1-3-2;;;/h3-23,37H,2H2,1H3;3H,1-2H3;2*1H;/q;;;;+2/p-2. The average Bonchev–Trinajstić information content (AvgIpc) is 3.56. The number of halogens is 2. The van der Waals surface area contributed by atoms with Crippen LogP contribution in [0, 0.1) is 0 Å². The van der Waals surface area contributed by atoms with E-state index in [0.717, 1.165) is 6.42 Å². The molecule has 0 spiro atoms. The van der Waals surface area contributed by atoms with E-state index in [1.54, 1.807) is 22.3 Å². The van der Waals surface area contributed by atoms with E-state index >= 15 is 0 Å². The van der Waals surface area contributed by atoms with Gasteiger partial charge >= 0.3 is 263 Å². The van der Waals surface area contributed by atoms with Crippen LogP contribution in [-0.4, -0.2) is 5.92 Å². The van der Waals surface area contributed by atoms with E-state index in [0.29, 0.717) is 9.54 Å². The number of rotatable bonds is 5. The Hall–Kier alpha value is -2.74. The minimum absolute atomic E-state index is 0. The zero-order valence-electron chi connectivity index (χ0n) is 25.2. The van der Waals surface area contributed by atoms with Gasteiger partial charge in [-0.1, -0.05) is 0 Å². The fourth-order valence-corrected chi connectivity index (χ4v) is 17.6. The summed E-state index contributed by atoms with van der Waals surface area (Å²) in [4.78, 5) is 0. The van der Waals surface area contributed by atoms with Crippen molar-refractivity contribution in [2.75, 3.05) is 0 Å². The summed E-state index contributed by atoms with van der Waals surface area (Å²) >= 11 is -0.562. The molecular weight excluding hydrogens is 671 g/mol. The fraction of sp³-hybridized carbons (Fsp3) is 0.150. The Balaban J connectivity index is 0.00000171. The van der Waals surface area contributed by atoms with Crippen molar-refractivity contribution in [2.45, 2.75) is 36.0 Å². The van der Waals surface area contributed by atoms with Crippen LogP contribution in [0.1, 0.15) is 50.7 Å². The van der Waals surface area contributed by atoms with Gasteiger partial charge in [-0.25, -0.2) is 0 Å². The van der Waals surface area contributed by atoms with Crippen LogP contribution in [0.15, 0.2) is 121 Å². The summed E-state index contributed by atoms with van der Waals surface area (Å²) in [5, 5.41) is 5.29. The van der Waals surface area contributed by atoms with Gasteiger partial charge in [-0.2, -0.15) is 0 Å². The molecular formula is C40H34Cl2SiZr. The summed E-state index contributed by atoms with van der Waals surface area (Å²) in [6, 6.07) is 43.8. The van der Waals surface area contributed by atoms with Gasteiger partial charge in [-0.3, -0.25) is 0 Å². The van der Waals surface area contributed by atoms with Crippen molar-refractivity contribution in [3.8, 4) is 22.3 Å². The first kappa shape index (κ1) is 31.3. The van der Waals surface area contributed by atoms with E-state index < -0.39 is 28.3 Å². The van der Waals surface area contributed by atoms with Crippen molar-refractivity contribution >= 4 is 33.5 Å². The van der Waals surface area contributed by atoms with E-state index in [1.165, 1.54) is 54.9 Å². The maximum atomic E-state index is 2.58. The van der Waals surface area contributed by atoms with E-state index in [9.17, 15) is 0 Å². The van der Waals surface area contributed by atoms with Crippen LogP contribution < -0.4 is 24.8 Å². The maximum Gasteiger partial charge on any atom is -1.00 e. The van der Waals surface area contributed by atoms with E-state index in [-0.39, 0.29) is 24.8 Å². The van der Waals surface area contributed by atoms with Crippen LogP contribution in [0.4, 0.5) is 0 Å². The summed E-state index contributed by atoms with van der Waals surface area (Å²) in [5.41, 5.74) is 15.0. The normalized spacial score (nSPS) is 16.0. The number of benzene rings is 6. The summed E-state index contributed by atoms with van der Waals surface area (Å²) in [5.74, 6) is -0.303. The van der Waals surface area contributed by atoms with Crippen LogP contribution in [0.5, 0.6) is 0 Å². The Kier molecular flexibility index (Phi) is 8.93. The molecule has 8 rings (SSSR count). The third-order valence-corrected chi connectivity index (χ3v) is 19.2. The molecule has 6 aromatic rings. The predicted octanol–water partition coefficient (Wildman–Crippen LogP) is 4.74. The molecule has 0 saturated carbocycles. The molecule has 44 heavy (non-hydrogen) atoms. The molecule has 0 amide bonds. The first-order chi connectivity index (χ1) is 20.6. The Morgan fingerprint density at radius 1 is 0.614 bits per heavy atom. The van der Waals surface area contributed by atoms with Gasteiger partial charge in [0, 0.05) is 0 Å². The van der Waals surface area contributed by atoms with Gasteiger partial charge in [-0.15, -0.1) is 0 Å². The van der Waals surface area contributed by atoms with Gasteiger partial charge in [0.05, 0.1) is 0 Å². The molecule has 2 aliphatic carbocycles. The second-order valence-corrected chi connectivity index (χ2v) is 27.2. The number of hydrogen-bond acceptors (Lipinski definition) is 0. The summed E-state index contributed by atoms with van der Waals surface area (Å²) in [7, 11) is 0. The van der Waals surface area contributed by atoms with Crippen molar-refractivity contribution < 1.29 is 47.2 Å². The first-order valence-electron chi connectivity index (χ1n) is 15.4. The number of hydrogen-bond donors (Lipinski definition) is 0. The third kappa shape index (κ3) is 4.90. The van der Waals surface area contributed by atoms with Gasteiger partial charge < -0.3 is 24.8 Å². The van der Waals surface area contributed by atoms with Gasteiger partial charge in [0.25, 0.3) is 0 Å². The molecule has 6 aromatic carbocycles. The Morgan fingerprint density at radius 3 is 1.86 bits per heavy atom. The van der Waals surface area contributed by atoms with Crippen molar-refractivity contribution in [2.24, 2.45) is 0 Å². The molecule has 4 heteroatoms. The van der Waals surface area contributed by atoms with Crippen molar-refractivity contribution in [3.63, 3.8) is 0 Å². The molecule has 0 heterocycles. The van der Waals surface area contributed by atoms with E-state index in [2.05, 4.69) is 141 Å². The SMILES string of the molecule is CCC1=Cc2c(-c3c4ccccc4cc4ccccc34)cccc2C1c1cccc2c1[CH]([Zr+2][SiH](C)C)c1ccccc1-2.[Cl-].[Cl-]. The maximum absolute atomic E-state index is 2.58. The van der Waals surface area contributed by atoms with Crippen LogP contribution in [0.3, 0.4) is 0 Å².